The van der Waals surface area contributed by atoms with Crippen LogP contribution in [0.4, 0.5) is 0 Å². The summed E-state index contributed by atoms with van der Waals surface area (Å²) in [7, 11) is 2.40. The number of aliphatic hydroxyl groups is 2. The largest absolute Gasteiger partial charge is 0.468 e. The molecule has 0 aromatic rings. The van der Waals surface area contributed by atoms with Crippen molar-refractivity contribution in [1.82, 2.24) is 0 Å². The van der Waals surface area contributed by atoms with Crippen molar-refractivity contribution in [2.75, 3.05) is 14.2 Å². The molecule has 0 aromatic heterocycles. The molecule has 1 fully saturated rings. The third-order valence-corrected chi connectivity index (χ3v) is 3.33. The molecule has 98 valence electrons. The van der Waals surface area contributed by atoms with Gasteiger partial charge in [-0.15, -0.1) is 0 Å². The van der Waals surface area contributed by atoms with E-state index in [2.05, 4.69) is 9.47 Å². The van der Waals surface area contributed by atoms with E-state index in [1.807, 2.05) is 0 Å². The van der Waals surface area contributed by atoms with Crippen LogP contribution >= 0.6 is 0 Å². The molecule has 0 bridgehead atoms. The molecular weight excluding hydrogens is 228 g/mol. The summed E-state index contributed by atoms with van der Waals surface area (Å²) in [5, 5.41) is 19.1. The monoisotopic (exact) mass is 246 g/mol. The Labute approximate surface area is 99.5 Å². The Kier molecular flexibility index (Phi) is 4.47. The van der Waals surface area contributed by atoms with Gasteiger partial charge in [0.25, 0.3) is 0 Å². The van der Waals surface area contributed by atoms with Gasteiger partial charge in [-0.3, -0.25) is 9.59 Å². The molecule has 1 saturated carbocycles. The van der Waals surface area contributed by atoms with Crippen molar-refractivity contribution in [3.63, 3.8) is 0 Å². The summed E-state index contributed by atoms with van der Waals surface area (Å²) in [6, 6.07) is 0. The first-order valence-corrected chi connectivity index (χ1v) is 5.51. The van der Waals surface area contributed by atoms with Gasteiger partial charge in [0.1, 0.15) is 0 Å². The molecule has 0 radical (unpaired) electrons. The van der Waals surface area contributed by atoms with Crippen LogP contribution in [0.1, 0.15) is 25.7 Å². The highest BCUT2D eigenvalue weighted by atomic mass is 16.5. The van der Waals surface area contributed by atoms with Crippen LogP contribution in [0.25, 0.3) is 0 Å². The number of esters is 2. The van der Waals surface area contributed by atoms with Gasteiger partial charge < -0.3 is 19.7 Å². The molecule has 0 heterocycles. The number of hydrogen-bond donors (Lipinski definition) is 2. The van der Waals surface area contributed by atoms with Crippen LogP contribution in [-0.2, 0) is 19.1 Å². The van der Waals surface area contributed by atoms with Crippen LogP contribution in [0, 0.1) is 5.41 Å². The van der Waals surface area contributed by atoms with Gasteiger partial charge in [-0.25, -0.2) is 0 Å². The maximum absolute atomic E-state index is 11.8. The van der Waals surface area contributed by atoms with E-state index < -0.39 is 29.6 Å². The Balaban J connectivity index is 2.99. The molecule has 6 nitrogen and oxygen atoms in total. The van der Waals surface area contributed by atoms with Crippen molar-refractivity contribution >= 4 is 11.9 Å². The molecule has 1 rings (SSSR count). The first-order chi connectivity index (χ1) is 7.97. The van der Waals surface area contributed by atoms with E-state index >= 15 is 0 Å². The summed E-state index contributed by atoms with van der Waals surface area (Å²) in [5.74, 6) is -1.35. The molecule has 1 aliphatic rings. The zero-order chi connectivity index (χ0) is 13.1. The fourth-order valence-corrected chi connectivity index (χ4v) is 2.18. The lowest BCUT2D eigenvalue weighted by Crippen LogP contribution is -2.41. The second-order valence-corrected chi connectivity index (χ2v) is 4.28. The average Bonchev–Trinajstić information content (AvgIpc) is 2.50. The second kappa shape index (κ2) is 5.46. The molecule has 1 aliphatic carbocycles. The van der Waals surface area contributed by atoms with E-state index in [9.17, 15) is 19.8 Å². The molecule has 2 atom stereocenters. The maximum atomic E-state index is 11.8. The number of carbonyl (C=O) groups excluding carboxylic acids is 2. The molecule has 0 saturated heterocycles. The zero-order valence-electron chi connectivity index (χ0n) is 10.0. The third kappa shape index (κ3) is 2.58. The van der Waals surface area contributed by atoms with Gasteiger partial charge in [-0.05, 0) is 25.7 Å². The number of aliphatic hydroxyl groups excluding tert-OH is 2. The van der Waals surface area contributed by atoms with Crippen LogP contribution in [0.2, 0.25) is 0 Å². The first-order valence-electron chi connectivity index (χ1n) is 5.51. The minimum Gasteiger partial charge on any atom is -0.468 e. The van der Waals surface area contributed by atoms with E-state index in [-0.39, 0.29) is 25.7 Å². The molecule has 0 spiro atoms. The van der Waals surface area contributed by atoms with E-state index in [1.165, 1.54) is 14.2 Å². The quantitative estimate of drug-likeness (QED) is 0.392. The summed E-state index contributed by atoms with van der Waals surface area (Å²) in [4.78, 5) is 23.5. The van der Waals surface area contributed by atoms with E-state index in [4.69, 9.17) is 0 Å². The van der Waals surface area contributed by atoms with Gasteiger partial charge in [0.15, 0.2) is 5.41 Å². The molecule has 6 heteroatoms. The Hall–Kier alpha value is -1.14. The SMILES string of the molecule is COC(=O)C1(C(=O)OC)CC[C@@H](O)[C@H](O)CC1. The van der Waals surface area contributed by atoms with Gasteiger partial charge in [-0.2, -0.15) is 0 Å². The molecule has 0 amide bonds. The molecule has 0 aliphatic heterocycles. The van der Waals surface area contributed by atoms with E-state index in [0.29, 0.717) is 0 Å². The van der Waals surface area contributed by atoms with Crippen molar-refractivity contribution < 1.29 is 29.3 Å². The number of hydrogen-bond acceptors (Lipinski definition) is 6. The number of rotatable bonds is 2. The van der Waals surface area contributed by atoms with E-state index in [0.717, 1.165) is 0 Å². The number of carbonyl (C=O) groups is 2. The standard InChI is InChI=1S/C11H18O6/c1-16-9(14)11(10(15)17-2)5-3-7(12)8(13)4-6-11/h7-8,12-13H,3-6H2,1-2H3/t7-,8-/m1/s1. The lowest BCUT2D eigenvalue weighted by molar-refractivity contribution is -0.170. The minimum atomic E-state index is -1.40. The average molecular weight is 246 g/mol. The predicted octanol–water partition coefficient (Wildman–Crippen LogP) is -0.385. The maximum Gasteiger partial charge on any atom is 0.323 e. The normalized spacial score (nSPS) is 28.0. The topological polar surface area (TPSA) is 93.1 Å². The van der Waals surface area contributed by atoms with Gasteiger partial charge in [0.05, 0.1) is 26.4 Å². The highest BCUT2D eigenvalue weighted by Gasteiger charge is 2.50. The summed E-state index contributed by atoms with van der Waals surface area (Å²) < 4.78 is 9.28. The predicted molar refractivity (Wildman–Crippen MR) is 56.9 cm³/mol. The highest BCUT2D eigenvalue weighted by Crippen LogP contribution is 2.37. The lowest BCUT2D eigenvalue weighted by atomic mass is 9.80. The van der Waals surface area contributed by atoms with Crippen LogP contribution in [0.3, 0.4) is 0 Å². The highest BCUT2D eigenvalue weighted by molar-refractivity contribution is 6.00. The van der Waals surface area contributed by atoms with Gasteiger partial charge in [-0.1, -0.05) is 0 Å². The third-order valence-electron chi connectivity index (χ3n) is 3.33. The summed E-state index contributed by atoms with van der Waals surface area (Å²) in [6.07, 6.45) is -1.30. The molecular formula is C11H18O6. The Bertz CT molecular complexity index is 270. The van der Waals surface area contributed by atoms with Crippen molar-refractivity contribution in [3.8, 4) is 0 Å². The molecule has 17 heavy (non-hydrogen) atoms. The van der Waals surface area contributed by atoms with E-state index in [1.54, 1.807) is 0 Å². The van der Waals surface area contributed by atoms with Gasteiger partial charge in [0.2, 0.25) is 0 Å². The van der Waals surface area contributed by atoms with Crippen molar-refractivity contribution in [3.05, 3.63) is 0 Å². The second-order valence-electron chi connectivity index (χ2n) is 4.28. The Morgan fingerprint density at radius 3 is 1.65 bits per heavy atom. The van der Waals surface area contributed by atoms with Crippen molar-refractivity contribution in [2.45, 2.75) is 37.9 Å². The number of methoxy groups -OCH3 is 2. The zero-order valence-corrected chi connectivity index (χ0v) is 10.0. The summed E-state index contributed by atoms with van der Waals surface area (Å²) >= 11 is 0. The molecule has 0 unspecified atom stereocenters. The van der Waals surface area contributed by atoms with Crippen LogP contribution in [-0.4, -0.2) is 48.6 Å². The Morgan fingerprint density at radius 1 is 1.00 bits per heavy atom. The summed E-state index contributed by atoms with van der Waals surface area (Å²) in [6.45, 7) is 0. The van der Waals surface area contributed by atoms with Gasteiger partial charge in [0, 0.05) is 0 Å². The molecule has 0 aromatic carbocycles. The fourth-order valence-electron chi connectivity index (χ4n) is 2.18. The van der Waals surface area contributed by atoms with Crippen LogP contribution < -0.4 is 0 Å². The van der Waals surface area contributed by atoms with Crippen LogP contribution in [0.5, 0.6) is 0 Å². The Morgan fingerprint density at radius 2 is 1.35 bits per heavy atom. The van der Waals surface area contributed by atoms with Crippen molar-refractivity contribution in [2.24, 2.45) is 5.41 Å². The fraction of sp³-hybridized carbons (Fsp3) is 0.818. The van der Waals surface area contributed by atoms with Crippen LogP contribution in [0.15, 0.2) is 0 Å². The van der Waals surface area contributed by atoms with Gasteiger partial charge >= 0.3 is 11.9 Å². The first kappa shape index (κ1) is 13.9. The minimum absolute atomic E-state index is 0.116. The summed E-state index contributed by atoms with van der Waals surface area (Å²) in [5.41, 5.74) is -1.40. The van der Waals surface area contributed by atoms with Crippen molar-refractivity contribution in [1.29, 1.82) is 0 Å². The number of ether oxygens (including phenoxy) is 2. The lowest BCUT2D eigenvalue weighted by Gasteiger charge is -2.26. The smallest absolute Gasteiger partial charge is 0.323 e. The molecule has 2 N–H and O–H groups in total.